The average Bonchev–Trinajstić information content (AvgIpc) is 2.58. The molecule has 18 heavy (non-hydrogen) atoms. The van der Waals surface area contributed by atoms with Gasteiger partial charge in [0.15, 0.2) is 0 Å². The van der Waals surface area contributed by atoms with Crippen LogP contribution in [-0.4, -0.2) is 52.6 Å². The lowest BCUT2D eigenvalue weighted by Crippen LogP contribution is -2.55. The predicted octanol–water partition coefficient (Wildman–Crippen LogP) is 2.02. The normalized spacial score (nSPS) is 24.2. The van der Waals surface area contributed by atoms with Crippen LogP contribution >= 0.6 is 0 Å². The lowest BCUT2D eigenvalue weighted by molar-refractivity contribution is -0.147. The highest BCUT2D eigenvalue weighted by Gasteiger charge is 2.46. The maximum Gasteiger partial charge on any atom is 0.329 e. The third-order valence-corrected chi connectivity index (χ3v) is 3.37. The van der Waals surface area contributed by atoms with E-state index in [0.29, 0.717) is 19.5 Å². The number of hydrogen-bond acceptors (Lipinski definition) is 2. The smallest absolute Gasteiger partial charge is 0.329 e. The summed E-state index contributed by atoms with van der Waals surface area (Å²) < 4.78 is 0. The molecule has 1 heterocycles. The fourth-order valence-electron chi connectivity index (χ4n) is 2.48. The lowest BCUT2D eigenvalue weighted by atomic mass is 9.96. The first kappa shape index (κ1) is 14.8. The Kier molecular flexibility index (Phi) is 3.93. The third-order valence-electron chi connectivity index (χ3n) is 3.37. The molecule has 5 heteroatoms. The molecule has 0 aromatic heterocycles. The van der Waals surface area contributed by atoms with E-state index in [1.165, 1.54) is 4.90 Å². The van der Waals surface area contributed by atoms with Gasteiger partial charge in [0.2, 0.25) is 0 Å². The van der Waals surface area contributed by atoms with Crippen molar-refractivity contribution in [2.75, 3.05) is 20.1 Å². The van der Waals surface area contributed by atoms with E-state index in [4.69, 9.17) is 0 Å². The number of carbonyl (C=O) groups excluding carboxylic acids is 1. The monoisotopic (exact) mass is 256 g/mol. The van der Waals surface area contributed by atoms with E-state index in [-0.39, 0.29) is 11.4 Å². The van der Waals surface area contributed by atoms with Crippen molar-refractivity contribution < 1.29 is 14.7 Å². The molecular formula is C13H24N2O3. The molecule has 0 spiro atoms. The summed E-state index contributed by atoms with van der Waals surface area (Å²) in [5.74, 6) is -0.919. The Morgan fingerprint density at radius 3 is 2.39 bits per heavy atom. The highest BCUT2D eigenvalue weighted by Crippen LogP contribution is 2.30. The second-order valence-electron chi connectivity index (χ2n) is 6.53. The Balaban J connectivity index is 2.81. The van der Waals surface area contributed by atoms with Crippen LogP contribution in [0.1, 0.15) is 40.5 Å². The summed E-state index contributed by atoms with van der Waals surface area (Å²) >= 11 is 0. The predicted molar refractivity (Wildman–Crippen MR) is 69.5 cm³/mol. The molecule has 0 bridgehead atoms. The molecule has 1 saturated heterocycles. The number of carbonyl (C=O) groups is 2. The van der Waals surface area contributed by atoms with Crippen molar-refractivity contribution in [1.82, 2.24) is 9.80 Å². The number of likely N-dealkylation sites (tertiary alicyclic amines) is 1. The van der Waals surface area contributed by atoms with Crippen LogP contribution in [0, 0.1) is 5.41 Å². The van der Waals surface area contributed by atoms with Crippen molar-refractivity contribution in [3.05, 3.63) is 0 Å². The van der Waals surface area contributed by atoms with Gasteiger partial charge in [0, 0.05) is 20.1 Å². The molecule has 1 unspecified atom stereocenters. The van der Waals surface area contributed by atoms with Crippen molar-refractivity contribution in [1.29, 1.82) is 0 Å². The Morgan fingerprint density at radius 1 is 1.39 bits per heavy atom. The Hall–Kier alpha value is -1.26. The number of carboxylic acid groups (broad SMARTS) is 1. The number of nitrogens with zero attached hydrogens (tertiary/aromatic N) is 2. The van der Waals surface area contributed by atoms with Crippen LogP contribution in [0.2, 0.25) is 0 Å². The SMILES string of the molecule is CN(CC(C)(C)C)C(=O)N1CCCC1(C)C(=O)O. The molecule has 0 aromatic carbocycles. The largest absolute Gasteiger partial charge is 0.480 e. The second-order valence-corrected chi connectivity index (χ2v) is 6.53. The van der Waals surface area contributed by atoms with Crippen LogP contribution in [-0.2, 0) is 4.79 Å². The summed E-state index contributed by atoms with van der Waals surface area (Å²) in [5, 5.41) is 9.29. The van der Waals surface area contributed by atoms with Gasteiger partial charge in [0.05, 0.1) is 0 Å². The van der Waals surface area contributed by atoms with Gasteiger partial charge in [0.25, 0.3) is 0 Å². The maximum atomic E-state index is 12.3. The fourth-order valence-corrected chi connectivity index (χ4v) is 2.48. The summed E-state index contributed by atoms with van der Waals surface area (Å²) in [6.07, 6.45) is 1.27. The van der Waals surface area contributed by atoms with Gasteiger partial charge >= 0.3 is 12.0 Å². The van der Waals surface area contributed by atoms with Crippen molar-refractivity contribution in [2.45, 2.75) is 46.1 Å². The van der Waals surface area contributed by atoms with E-state index < -0.39 is 11.5 Å². The van der Waals surface area contributed by atoms with E-state index in [2.05, 4.69) is 20.8 Å². The first-order valence-electron chi connectivity index (χ1n) is 6.34. The average molecular weight is 256 g/mol. The minimum absolute atomic E-state index is 0.00373. The maximum absolute atomic E-state index is 12.3. The summed E-state index contributed by atoms with van der Waals surface area (Å²) in [6, 6.07) is -0.188. The standard InChI is InChI=1S/C13H24N2O3/c1-12(2,3)9-14(5)11(18)15-8-6-7-13(15,4)10(16)17/h6-9H2,1-5H3,(H,16,17). The highest BCUT2D eigenvalue weighted by molar-refractivity contribution is 5.86. The van der Waals surface area contributed by atoms with Gasteiger partial charge < -0.3 is 14.9 Å². The number of amides is 2. The summed E-state index contributed by atoms with van der Waals surface area (Å²) in [4.78, 5) is 26.8. The molecule has 1 N–H and O–H groups in total. The van der Waals surface area contributed by atoms with Crippen LogP contribution in [0.15, 0.2) is 0 Å². The van der Waals surface area contributed by atoms with Crippen LogP contribution in [0.5, 0.6) is 0 Å². The van der Waals surface area contributed by atoms with Gasteiger partial charge in [-0.25, -0.2) is 9.59 Å². The first-order valence-corrected chi connectivity index (χ1v) is 6.34. The van der Waals surface area contributed by atoms with Crippen LogP contribution in [0.4, 0.5) is 4.79 Å². The third kappa shape index (κ3) is 2.94. The zero-order valence-electron chi connectivity index (χ0n) is 12.0. The molecule has 0 aliphatic carbocycles. The number of carboxylic acids is 1. The summed E-state index contributed by atoms with van der Waals surface area (Å²) in [7, 11) is 1.73. The second kappa shape index (κ2) is 4.78. The zero-order chi connectivity index (χ0) is 14.1. The van der Waals surface area contributed by atoms with Gasteiger partial charge in [-0.15, -0.1) is 0 Å². The molecule has 1 aliphatic rings. The van der Waals surface area contributed by atoms with E-state index in [9.17, 15) is 14.7 Å². The topological polar surface area (TPSA) is 60.9 Å². The van der Waals surface area contributed by atoms with Crippen molar-refractivity contribution >= 4 is 12.0 Å². The van der Waals surface area contributed by atoms with E-state index in [0.717, 1.165) is 6.42 Å². The molecule has 2 amide bonds. The van der Waals surface area contributed by atoms with Crippen molar-refractivity contribution in [3.63, 3.8) is 0 Å². The summed E-state index contributed by atoms with van der Waals surface area (Å²) in [6.45, 7) is 8.92. The molecule has 1 atom stereocenters. The molecule has 0 aromatic rings. The Morgan fingerprint density at radius 2 is 1.94 bits per heavy atom. The molecule has 1 fully saturated rings. The lowest BCUT2D eigenvalue weighted by Gasteiger charge is -2.36. The zero-order valence-corrected chi connectivity index (χ0v) is 12.0. The van der Waals surface area contributed by atoms with E-state index in [1.54, 1.807) is 18.9 Å². The quantitative estimate of drug-likeness (QED) is 0.822. The Bertz CT molecular complexity index is 349. The van der Waals surface area contributed by atoms with E-state index in [1.807, 2.05) is 0 Å². The Labute approximate surface area is 109 Å². The van der Waals surface area contributed by atoms with Gasteiger partial charge in [-0.05, 0) is 25.2 Å². The number of hydrogen-bond donors (Lipinski definition) is 1. The molecule has 5 nitrogen and oxygen atoms in total. The van der Waals surface area contributed by atoms with Gasteiger partial charge in [-0.3, -0.25) is 0 Å². The van der Waals surface area contributed by atoms with Crippen LogP contribution in [0.25, 0.3) is 0 Å². The molecule has 104 valence electrons. The fraction of sp³-hybridized carbons (Fsp3) is 0.846. The minimum Gasteiger partial charge on any atom is -0.480 e. The number of urea groups is 1. The van der Waals surface area contributed by atoms with Gasteiger partial charge in [0.1, 0.15) is 5.54 Å². The van der Waals surface area contributed by atoms with Crippen LogP contribution in [0.3, 0.4) is 0 Å². The molecule has 0 saturated carbocycles. The van der Waals surface area contributed by atoms with Gasteiger partial charge in [-0.2, -0.15) is 0 Å². The molecule has 0 radical (unpaired) electrons. The van der Waals surface area contributed by atoms with E-state index >= 15 is 0 Å². The first-order chi connectivity index (χ1) is 8.08. The van der Waals surface area contributed by atoms with Gasteiger partial charge in [-0.1, -0.05) is 20.8 Å². The summed E-state index contributed by atoms with van der Waals surface area (Å²) in [5.41, 5.74) is -1.05. The molecule has 1 rings (SSSR count). The minimum atomic E-state index is -1.05. The van der Waals surface area contributed by atoms with Crippen molar-refractivity contribution in [3.8, 4) is 0 Å². The number of aliphatic carboxylic acids is 1. The van der Waals surface area contributed by atoms with Crippen molar-refractivity contribution in [2.24, 2.45) is 5.41 Å². The van der Waals surface area contributed by atoms with Crippen LogP contribution < -0.4 is 0 Å². The number of rotatable bonds is 2. The molecular weight excluding hydrogens is 232 g/mol. The molecule has 1 aliphatic heterocycles. The highest BCUT2D eigenvalue weighted by atomic mass is 16.4.